The van der Waals surface area contributed by atoms with Crippen molar-refractivity contribution in [3.8, 4) is 0 Å². The summed E-state index contributed by atoms with van der Waals surface area (Å²) in [5, 5.41) is 10.1. The molecule has 1 heterocycles. The van der Waals surface area contributed by atoms with Crippen molar-refractivity contribution >= 4 is 29.4 Å². The molecule has 0 bridgehead atoms. The molecule has 1 saturated carbocycles. The Bertz CT molecular complexity index is 699. The molecule has 1 atom stereocenters. The normalized spacial score (nSPS) is 19.4. The topological polar surface area (TPSA) is 116 Å². The highest BCUT2D eigenvalue weighted by Crippen LogP contribution is 2.20. The first kappa shape index (κ1) is 16.0. The number of amides is 5. The van der Waals surface area contributed by atoms with Crippen LogP contribution >= 0.6 is 0 Å². The maximum absolute atomic E-state index is 12.0. The zero-order valence-electron chi connectivity index (χ0n) is 12.9. The van der Waals surface area contributed by atoms with E-state index >= 15 is 0 Å². The molecule has 1 aliphatic heterocycles. The van der Waals surface area contributed by atoms with Crippen LogP contribution in [0.5, 0.6) is 0 Å². The van der Waals surface area contributed by atoms with Crippen LogP contribution in [0.25, 0.3) is 0 Å². The van der Waals surface area contributed by atoms with Gasteiger partial charge in [0, 0.05) is 23.7 Å². The van der Waals surface area contributed by atoms with Gasteiger partial charge >= 0.3 is 6.03 Å². The fourth-order valence-electron chi connectivity index (χ4n) is 2.40. The minimum absolute atomic E-state index is 0.0802. The lowest BCUT2D eigenvalue weighted by Crippen LogP contribution is -2.30. The number of anilines is 1. The van der Waals surface area contributed by atoms with Gasteiger partial charge in [-0.05, 0) is 37.5 Å². The molecule has 8 nitrogen and oxygen atoms in total. The summed E-state index contributed by atoms with van der Waals surface area (Å²) in [7, 11) is 0. The van der Waals surface area contributed by atoms with E-state index in [0.29, 0.717) is 11.3 Å². The van der Waals surface area contributed by atoms with E-state index in [2.05, 4.69) is 21.3 Å². The number of urea groups is 1. The quantitative estimate of drug-likeness (QED) is 0.568. The molecular formula is C16H18N4O4. The van der Waals surface area contributed by atoms with E-state index in [0.717, 1.165) is 12.8 Å². The fraction of sp³-hybridized carbons (Fsp3) is 0.375. The third-order valence-corrected chi connectivity index (χ3v) is 3.84. The van der Waals surface area contributed by atoms with Gasteiger partial charge in [0.1, 0.15) is 6.04 Å². The standard InChI is InChI=1S/C16H18N4O4/c21-13(7-6-12-15(23)20-16(24)19-12)17-11-3-1-2-9(8-11)14(22)18-10-4-5-10/h1-3,8,10,12H,4-7H2,(H,17,21)(H,18,22)(H2,19,20,23,24)/t12-/m1/s1. The third-order valence-electron chi connectivity index (χ3n) is 3.84. The highest BCUT2D eigenvalue weighted by Gasteiger charge is 2.29. The molecule has 1 aliphatic carbocycles. The average molecular weight is 330 g/mol. The highest BCUT2D eigenvalue weighted by molar-refractivity contribution is 6.04. The number of rotatable bonds is 6. The lowest BCUT2D eigenvalue weighted by atomic mass is 10.1. The molecule has 0 aromatic heterocycles. The Labute approximate surface area is 138 Å². The molecule has 126 valence electrons. The number of imide groups is 1. The van der Waals surface area contributed by atoms with Crippen molar-refractivity contribution in [2.24, 2.45) is 0 Å². The lowest BCUT2D eigenvalue weighted by Gasteiger charge is -2.09. The molecule has 1 saturated heterocycles. The SMILES string of the molecule is O=C(CC[C@H]1NC(=O)NC1=O)Nc1cccc(C(=O)NC2CC2)c1. The lowest BCUT2D eigenvalue weighted by molar-refractivity contribution is -0.120. The van der Waals surface area contributed by atoms with Crippen molar-refractivity contribution in [3.63, 3.8) is 0 Å². The van der Waals surface area contributed by atoms with Crippen LogP contribution in [0, 0.1) is 0 Å². The first-order valence-electron chi connectivity index (χ1n) is 7.83. The predicted molar refractivity (Wildman–Crippen MR) is 85.3 cm³/mol. The van der Waals surface area contributed by atoms with Crippen LogP contribution in [0.15, 0.2) is 24.3 Å². The van der Waals surface area contributed by atoms with E-state index in [1.54, 1.807) is 24.3 Å². The second-order valence-electron chi connectivity index (χ2n) is 5.93. The number of hydrogen-bond donors (Lipinski definition) is 4. The fourth-order valence-corrected chi connectivity index (χ4v) is 2.40. The Morgan fingerprint density at radius 3 is 2.67 bits per heavy atom. The van der Waals surface area contributed by atoms with Gasteiger partial charge < -0.3 is 16.0 Å². The Balaban J connectivity index is 1.51. The monoisotopic (exact) mass is 330 g/mol. The number of nitrogens with one attached hydrogen (secondary N) is 4. The summed E-state index contributed by atoms with van der Waals surface area (Å²) in [6.07, 6.45) is 2.31. The highest BCUT2D eigenvalue weighted by atomic mass is 16.2. The largest absolute Gasteiger partial charge is 0.349 e. The van der Waals surface area contributed by atoms with Gasteiger partial charge in [0.2, 0.25) is 5.91 Å². The molecule has 8 heteroatoms. The number of carbonyl (C=O) groups excluding carboxylic acids is 4. The number of benzene rings is 1. The zero-order chi connectivity index (χ0) is 17.1. The Morgan fingerprint density at radius 1 is 1.21 bits per heavy atom. The van der Waals surface area contributed by atoms with Crippen molar-refractivity contribution in [3.05, 3.63) is 29.8 Å². The molecular weight excluding hydrogens is 312 g/mol. The summed E-state index contributed by atoms with van der Waals surface area (Å²) < 4.78 is 0. The third kappa shape index (κ3) is 4.09. The minimum atomic E-state index is -0.682. The molecule has 2 fully saturated rings. The second-order valence-corrected chi connectivity index (χ2v) is 5.93. The zero-order valence-corrected chi connectivity index (χ0v) is 12.9. The van der Waals surface area contributed by atoms with E-state index in [1.807, 2.05) is 0 Å². The van der Waals surface area contributed by atoms with Crippen LogP contribution in [0.2, 0.25) is 0 Å². The van der Waals surface area contributed by atoms with E-state index in [4.69, 9.17) is 0 Å². The van der Waals surface area contributed by atoms with Gasteiger partial charge in [-0.3, -0.25) is 19.7 Å². The summed E-state index contributed by atoms with van der Waals surface area (Å²) in [6, 6.07) is 5.73. The first-order chi connectivity index (χ1) is 11.5. The summed E-state index contributed by atoms with van der Waals surface area (Å²) >= 11 is 0. The molecule has 5 amide bonds. The van der Waals surface area contributed by atoms with Gasteiger partial charge in [-0.25, -0.2) is 4.79 Å². The summed E-state index contributed by atoms with van der Waals surface area (Å²) in [4.78, 5) is 46.4. The number of carbonyl (C=O) groups is 4. The molecule has 0 radical (unpaired) electrons. The van der Waals surface area contributed by atoms with Crippen LogP contribution in [-0.4, -0.2) is 35.8 Å². The van der Waals surface area contributed by atoms with Crippen LogP contribution in [0.3, 0.4) is 0 Å². The molecule has 0 unspecified atom stereocenters. The Kier molecular flexibility index (Phi) is 4.45. The molecule has 3 rings (SSSR count). The molecule has 1 aromatic carbocycles. The summed E-state index contributed by atoms with van der Waals surface area (Å²) in [6.45, 7) is 0. The Hall–Kier alpha value is -2.90. The molecule has 1 aromatic rings. The second kappa shape index (κ2) is 6.69. The van der Waals surface area contributed by atoms with E-state index in [1.165, 1.54) is 0 Å². The van der Waals surface area contributed by atoms with Gasteiger partial charge in [0.25, 0.3) is 11.8 Å². The Morgan fingerprint density at radius 2 is 2.00 bits per heavy atom. The predicted octanol–water partition coefficient (Wildman–Crippen LogP) is 0.505. The van der Waals surface area contributed by atoms with Crippen molar-refractivity contribution in [1.29, 1.82) is 0 Å². The van der Waals surface area contributed by atoms with E-state index in [-0.39, 0.29) is 30.7 Å². The van der Waals surface area contributed by atoms with E-state index in [9.17, 15) is 19.2 Å². The maximum atomic E-state index is 12.0. The summed E-state index contributed by atoms with van der Waals surface area (Å²) in [5.74, 6) is -0.866. The smallest absolute Gasteiger partial charge is 0.322 e. The van der Waals surface area contributed by atoms with Gasteiger partial charge in [0.15, 0.2) is 0 Å². The van der Waals surface area contributed by atoms with Gasteiger partial charge in [0.05, 0.1) is 0 Å². The van der Waals surface area contributed by atoms with Crippen molar-refractivity contribution in [2.75, 3.05) is 5.32 Å². The van der Waals surface area contributed by atoms with Crippen LogP contribution in [0.1, 0.15) is 36.0 Å². The van der Waals surface area contributed by atoms with Gasteiger partial charge in [-0.15, -0.1) is 0 Å². The minimum Gasteiger partial charge on any atom is -0.349 e. The summed E-state index contributed by atoms with van der Waals surface area (Å²) in [5.41, 5.74) is 1.01. The maximum Gasteiger partial charge on any atom is 0.322 e. The van der Waals surface area contributed by atoms with Crippen molar-refractivity contribution < 1.29 is 19.2 Å². The molecule has 0 spiro atoms. The van der Waals surface area contributed by atoms with Crippen LogP contribution < -0.4 is 21.3 Å². The van der Waals surface area contributed by atoms with Crippen LogP contribution in [-0.2, 0) is 9.59 Å². The van der Waals surface area contributed by atoms with E-state index < -0.39 is 18.0 Å². The average Bonchev–Trinajstić information content (AvgIpc) is 3.29. The molecule has 24 heavy (non-hydrogen) atoms. The van der Waals surface area contributed by atoms with Gasteiger partial charge in [-0.2, -0.15) is 0 Å². The van der Waals surface area contributed by atoms with Crippen LogP contribution in [0.4, 0.5) is 10.5 Å². The van der Waals surface area contributed by atoms with Gasteiger partial charge in [-0.1, -0.05) is 6.07 Å². The van der Waals surface area contributed by atoms with Crippen molar-refractivity contribution in [1.82, 2.24) is 16.0 Å². The molecule has 2 aliphatic rings. The van der Waals surface area contributed by atoms with Crippen molar-refractivity contribution in [2.45, 2.75) is 37.8 Å². The molecule has 4 N–H and O–H groups in total. The first-order valence-corrected chi connectivity index (χ1v) is 7.83. The number of hydrogen-bond acceptors (Lipinski definition) is 4.